The van der Waals surface area contributed by atoms with E-state index < -0.39 is 10.8 Å². The van der Waals surface area contributed by atoms with Gasteiger partial charge in [0, 0.05) is 23.9 Å². The van der Waals surface area contributed by atoms with E-state index in [1.165, 1.54) is 30.5 Å². The van der Waals surface area contributed by atoms with Gasteiger partial charge in [-0.05, 0) is 24.3 Å². The minimum Gasteiger partial charge on any atom is -0.305 e. The van der Waals surface area contributed by atoms with Gasteiger partial charge in [-0.2, -0.15) is 0 Å². The van der Waals surface area contributed by atoms with Crippen LogP contribution in [0, 0.1) is 10.1 Å². The number of amides is 1. The van der Waals surface area contributed by atoms with Crippen molar-refractivity contribution in [1.29, 1.82) is 0 Å². The van der Waals surface area contributed by atoms with Crippen LogP contribution in [0.3, 0.4) is 0 Å². The topological polar surface area (TPSA) is 85.1 Å². The van der Waals surface area contributed by atoms with Crippen molar-refractivity contribution in [3.05, 3.63) is 63.3 Å². The van der Waals surface area contributed by atoms with Crippen LogP contribution in [0.4, 0.5) is 11.5 Å². The summed E-state index contributed by atoms with van der Waals surface area (Å²) in [5, 5.41) is 13.3. The summed E-state index contributed by atoms with van der Waals surface area (Å²) in [5.41, 5.74) is 0.208. The van der Waals surface area contributed by atoms with Crippen molar-refractivity contribution >= 4 is 29.0 Å². The minimum atomic E-state index is -0.530. The van der Waals surface area contributed by atoms with Crippen LogP contribution >= 0.6 is 11.6 Å². The van der Waals surface area contributed by atoms with Gasteiger partial charge in [-0.3, -0.25) is 14.9 Å². The van der Waals surface area contributed by atoms with Gasteiger partial charge in [0.15, 0.2) is 5.82 Å². The molecule has 1 aromatic heterocycles. The third kappa shape index (κ3) is 3.05. The van der Waals surface area contributed by atoms with Gasteiger partial charge in [-0.1, -0.05) is 11.6 Å². The molecular weight excluding hydrogens is 270 g/mol. The molecule has 2 rings (SSSR count). The Morgan fingerprint density at radius 2 is 1.95 bits per heavy atom. The molecule has 7 heteroatoms. The summed E-state index contributed by atoms with van der Waals surface area (Å²) in [4.78, 5) is 25.8. The lowest BCUT2D eigenvalue weighted by molar-refractivity contribution is -0.384. The number of carbonyl (C=O) groups is 1. The summed E-state index contributed by atoms with van der Waals surface area (Å²) < 4.78 is 0. The molecular formula is C12H8ClN3O3. The van der Waals surface area contributed by atoms with Crippen molar-refractivity contribution in [2.75, 3.05) is 5.32 Å². The normalized spacial score (nSPS) is 9.95. The van der Waals surface area contributed by atoms with E-state index in [0.717, 1.165) is 0 Å². The van der Waals surface area contributed by atoms with Crippen molar-refractivity contribution in [2.24, 2.45) is 0 Å². The predicted octanol–water partition coefficient (Wildman–Crippen LogP) is 2.90. The van der Waals surface area contributed by atoms with Crippen molar-refractivity contribution in [3.8, 4) is 0 Å². The van der Waals surface area contributed by atoms with Crippen LogP contribution in [-0.4, -0.2) is 15.8 Å². The monoisotopic (exact) mass is 277 g/mol. The first-order chi connectivity index (χ1) is 9.08. The van der Waals surface area contributed by atoms with Crippen molar-refractivity contribution in [2.45, 2.75) is 0 Å². The maximum absolute atomic E-state index is 11.9. The number of hydrogen-bond acceptors (Lipinski definition) is 4. The van der Waals surface area contributed by atoms with Gasteiger partial charge in [-0.15, -0.1) is 0 Å². The van der Waals surface area contributed by atoms with E-state index in [4.69, 9.17) is 11.6 Å². The van der Waals surface area contributed by atoms with Gasteiger partial charge in [0.25, 0.3) is 11.6 Å². The fourth-order valence-electron chi connectivity index (χ4n) is 1.39. The minimum absolute atomic E-state index is 0.0765. The van der Waals surface area contributed by atoms with Crippen LogP contribution in [0.15, 0.2) is 42.6 Å². The number of anilines is 1. The molecule has 0 bridgehead atoms. The number of halogens is 1. The van der Waals surface area contributed by atoms with E-state index in [1.54, 1.807) is 12.1 Å². The SMILES string of the molecule is O=C(Nc1ncccc1Cl)c1ccc([N+](=O)[O-])cc1. The molecule has 1 amide bonds. The number of nitro benzene ring substituents is 1. The standard InChI is InChI=1S/C12H8ClN3O3/c13-10-2-1-7-14-11(10)15-12(17)8-3-5-9(6-4-8)16(18)19/h1-7H,(H,14,15,17). The Hall–Kier alpha value is -2.47. The number of pyridine rings is 1. The van der Waals surface area contributed by atoms with E-state index >= 15 is 0 Å². The van der Waals surface area contributed by atoms with Gasteiger partial charge in [0.2, 0.25) is 0 Å². The highest BCUT2D eigenvalue weighted by molar-refractivity contribution is 6.33. The van der Waals surface area contributed by atoms with Crippen LogP contribution in [-0.2, 0) is 0 Å². The molecule has 0 saturated heterocycles. The molecule has 0 aliphatic heterocycles. The number of aromatic nitrogens is 1. The molecule has 0 saturated carbocycles. The maximum Gasteiger partial charge on any atom is 0.269 e. The van der Waals surface area contributed by atoms with Crippen LogP contribution in [0.2, 0.25) is 5.02 Å². The molecule has 6 nitrogen and oxygen atoms in total. The van der Waals surface area contributed by atoms with Crippen LogP contribution in [0.25, 0.3) is 0 Å². The quantitative estimate of drug-likeness (QED) is 0.690. The van der Waals surface area contributed by atoms with Crippen LogP contribution in [0.1, 0.15) is 10.4 Å². The first-order valence-electron chi connectivity index (χ1n) is 5.24. The molecule has 0 aliphatic rings. The smallest absolute Gasteiger partial charge is 0.269 e. The molecule has 2 aromatic rings. The number of nitrogens with one attached hydrogen (secondary N) is 1. The number of hydrogen-bond donors (Lipinski definition) is 1. The molecule has 0 atom stereocenters. The van der Waals surface area contributed by atoms with Crippen LogP contribution < -0.4 is 5.32 Å². The lowest BCUT2D eigenvalue weighted by atomic mass is 10.2. The van der Waals surface area contributed by atoms with Crippen molar-refractivity contribution < 1.29 is 9.72 Å². The first-order valence-corrected chi connectivity index (χ1v) is 5.62. The average molecular weight is 278 g/mol. The average Bonchev–Trinajstić information content (AvgIpc) is 2.41. The Kier molecular flexibility index (Phi) is 3.72. The van der Waals surface area contributed by atoms with Gasteiger partial charge >= 0.3 is 0 Å². The van der Waals surface area contributed by atoms with Gasteiger partial charge in [0.05, 0.1) is 9.95 Å². The van der Waals surface area contributed by atoms with Crippen molar-refractivity contribution in [1.82, 2.24) is 4.98 Å². The summed E-state index contributed by atoms with van der Waals surface area (Å²) in [6, 6.07) is 8.49. The summed E-state index contributed by atoms with van der Waals surface area (Å²) in [6.07, 6.45) is 1.50. The number of carbonyl (C=O) groups excluding carboxylic acids is 1. The Morgan fingerprint density at radius 1 is 1.26 bits per heavy atom. The zero-order chi connectivity index (χ0) is 13.8. The Morgan fingerprint density at radius 3 is 2.53 bits per heavy atom. The number of nitro groups is 1. The summed E-state index contributed by atoms with van der Waals surface area (Å²) in [6.45, 7) is 0. The Balaban J connectivity index is 2.16. The molecule has 0 aliphatic carbocycles. The first kappa shape index (κ1) is 13.0. The fraction of sp³-hybridized carbons (Fsp3) is 0. The van der Waals surface area contributed by atoms with E-state index in [2.05, 4.69) is 10.3 Å². The number of non-ortho nitro benzene ring substituents is 1. The molecule has 0 fully saturated rings. The Bertz CT molecular complexity index is 628. The second kappa shape index (κ2) is 5.45. The lowest BCUT2D eigenvalue weighted by Gasteiger charge is -2.05. The molecule has 0 spiro atoms. The van der Waals surface area contributed by atoms with Gasteiger partial charge < -0.3 is 5.32 Å². The summed E-state index contributed by atoms with van der Waals surface area (Å²) in [5.74, 6) is -0.192. The second-order valence-electron chi connectivity index (χ2n) is 3.59. The summed E-state index contributed by atoms with van der Waals surface area (Å²) in [7, 11) is 0. The predicted molar refractivity (Wildman–Crippen MR) is 70.3 cm³/mol. The molecule has 96 valence electrons. The Labute approximate surface area is 113 Å². The second-order valence-corrected chi connectivity index (χ2v) is 4.00. The summed E-state index contributed by atoms with van der Waals surface area (Å²) >= 11 is 5.86. The van der Waals surface area contributed by atoms with Gasteiger partial charge in [0.1, 0.15) is 0 Å². The molecule has 19 heavy (non-hydrogen) atoms. The fourth-order valence-corrected chi connectivity index (χ4v) is 1.56. The largest absolute Gasteiger partial charge is 0.305 e. The van der Waals surface area contributed by atoms with Crippen LogP contribution in [0.5, 0.6) is 0 Å². The molecule has 0 radical (unpaired) electrons. The molecule has 1 N–H and O–H groups in total. The zero-order valence-electron chi connectivity index (χ0n) is 9.54. The number of nitrogens with zero attached hydrogens (tertiary/aromatic N) is 2. The highest BCUT2D eigenvalue weighted by Gasteiger charge is 2.11. The molecule has 0 unspecified atom stereocenters. The lowest BCUT2D eigenvalue weighted by Crippen LogP contribution is -2.13. The molecule has 1 heterocycles. The van der Waals surface area contributed by atoms with E-state index in [1.807, 2.05) is 0 Å². The van der Waals surface area contributed by atoms with Gasteiger partial charge in [-0.25, -0.2) is 4.98 Å². The van der Waals surface area contributed by atoms with E-state index in [0.29, 0.717) is 5.02 Å². The highest BCUT2D eigenvalue weighted by Crippen LogP contribution is 2.19. The van der Waals surface area contributed by atoms with E-state index in [-0.39, 0.29) is 17.1 Å². The van der Waals surface area contributed by atoms with E-state index in [9.17, 15) is 14.9 Å². The number of benzene rings is 1. The highest BCUT2D eigenvalue weighted by atomic mass is 35.5. The third-order valence-electron chi connectivity index (χ3n) is 2.33. The third-order valence-corrected chi connectivity index (χ3v) is 2.64. The number of rotatable bonds is 3. The van der Waals surface area contributed by atoms with Crippen molar-refractivity contribution in [3.63, 3.8) is 0 Å². The zero-order valence-corrected chi connectivity index (χ0v) is 10.3. The molecule has 1 aromatic carbocycles. The maximum atomic E-state index is 11.9.